The van der Waals surface area contributed by atoms with Gasteiger partial charge in [-0.2, -0.15) is 0 Å². The highest BCUT2D eigenvalue weighted by Gasteiger charge is 2.12. The van der Waals surface area contributed by atoms with Crippen LogP contribution in [0, 0.1) is 10.1 Å². The number of anilines is 1. The first-order valence-electron chi connectivity index (χ1n) is 4.64. The molecule has 1 heterocycles. The largest absolute Gasteiger partial charge is 0.395 e. The SMILES string of the molecule is Nc1cnc([N+](=O)[O-])cc1-c1ccccc1. The minimum absolute atomic E-state index is 0.201. The van der Waals surface area contributed by atoms with E-state index in [1.54, 1.807) is 0 Å². The van der Waals surface area contributed by atoms with Crippen LogP contribution in [0.25, 0.3) is 11.1 Å². The van der Waals surface area contributed by atoms with E-state index >= 15 is 0 Å². The molecule has 0 unspecified atom stereocenters. The van der Waals surface area contributed by atoms with E-state index in [0.717, 1.165) is 5.56 Å². The van der Waals surface area contributed by atoms with Crippen LogP contribution in [0.4, 0.5) is 11.5 Å². The van der Waals surface area contributed by atoms with Crippen LogP contribution in [0.1, 0.15) is 0 Å². The van der Waals surface area contributed by atoms with E-state index in [9.17, 15) is 10.1 Å². The summed E-state index contributed by atoms with van der Waals surface area (Å²) in [5.74, 6) is -0.201. The van der Waals surface area contributed by atoms with Gasteiger partial charge in [-0.1, -0.05) is 30.3 Å². The summed E-state index contributed by atoms with van der Waals surface area (Å²) in [6.45, 7) is 0. The van der Waals surface area contributed by atoms with Crippen molar-refractivity contribution in [2.45, 2.75) is 0 Å². The highest BCUT2D eigenvalue weighted by molar-refractivity contribution is 5.76. The van der Waals surface area contributed by atoms with E-state index in [1.165, 1.54) is 12.3 Å². The van der Waals surface area contributed by atoms with Crippen molar-refractivity contribution in [2.75, 3.05) is 5.73 Å². The van der Waals surface area contributed by atoms with Crippen LogP contribution in [0.3, 0.4) is 0 Å². The first kappa shape index (κ1) is 10.1. The van der Waals surface area contributed by atoms with Crippen LogP contribution < -0.4 is 5.73 Å². The van der Waals surface area contributed by atoms with Gasteiger partial charge in [0.25, 0.3) is 0 Å². The molecule has 16 heavy (non-hydrogen) atoms. The quantitative estimate of drug-likeness (QED) is 0.615. The summed E-state index contributed by atoms with van der Waals surface area (Å²) in [5.41, 5.74) is 7.63. The van der Waals surface area contributed by atoms with Gasteiger partial charge in [-0.25, -0.2) is 0 Å². The number of benzene rings is 1. The smallest absolute Gasteiger partial charge is 0.364 e. The highest BCUT2D eigenvalue weighted by atomic mass is 16.6. The Bertz CT molecular complexity index is 526. The fourth-order valence-electron chi connectivity index (χ4n) is 1.42. The van der Waals surface area contributed by atoms with Crippen LogP contribution >= 0.6 is 0 Å². The Morgan fingerprint density at radius 2 is 1.94 bits per heavy atom. The van der Waals surface area contributed by atoms with Crippen LogP contribution in [0.15, 0.2) is 42.6 Å². The third-order valence-corrected chi connectivity index (χ3v) is 2.19. The molecule has 5 heteroatoms. The zero-order valence-corrected chi connectivity index (χ0v) is 8.33. The van der Waals surface area contributed by atoms with E-state index in [1.807, 2.05) is 30.3 Å². The first-order chi connectivity index (χ1) is 7.68. The molecule has 2 aromatic rings. The van der Waals surface area contributed by atoms with E-state index in [4.69, 9.17) is 5.73 Å². The van der Waals surface area contributed by atoms with Crippen molar-refractivity contribution in [3.8, 4) is 11.1 Å². The minimum atomic E-state index is -0.536. The van der Waals surface area contributed by atoms with Crippen LogP contribution in [-0.2, 0) is 0 Å². The molecule has 0 atom stereocenters. The molecule has 5 nitrogen and oxygen atoms in total. The molecule has 0 amide bonds. The number of rotatable bonds is 2. The van der Waals surface area contributed by atoms with Crippen molar-refractivity contribution in [3.63, 3.8) is 0 Å². The van der Waals surface area contributed by atoms with Crippen LogP contribution in [0.5, 0.6) is 0 Å². The zero-order chi connectivity index (χ0) is 11.5. The Morgan fingerprint density at radius 3 is 2.56 bits per heavy atom. The second-order valence-electron chi connectivity index (χ2n) is 3.25. The van der Waals surface area contributed by atoms with E-state index in [0.29, 0.717) is 11.3 Å². The molecular weight excluding hydrogens is 206 g/mol. The average molecular weight is 215 g/mol. The maximum absolute atomic E-state index is 10.6. The van der Waals surface area contributed by atoms with Crippen molar-refractivity contribution in [1.29, 1.82) is 0 Å². The lowest BCUT2D eigenvalue weighted by Crippen LogP contribution is -1.96. The van der Waals surface area contributed by atoms with Gasteiger partial charge in [-0.05, 0) is 15.5 Å². The topological polar surface area (TPSA) is 82.0 Å². The van der Waals surface area contributed by atoms with Crippen molar-refractivity contribution in [2.24, 2.45) is 0 Å². The summed E-state index contributed by atoms with van der Waals surface area (Å²) in [6, 6.07) is 10.6. The number of nitro groups is 1. The number of hydrogen-bond acceptors (Lipinski definition) is 4. The summed E-state index contributed by atoms with van der Waals surface area (Å²) in [4.78, 5) is 13.7. The molecule has 0 radical (unpaired) electrons. The van der Waals surface area contributed by atoms with Gasteiger partial charge < -0.3 is 15.8 Å². The fraction of sp³-hybridized carbons (Fsp3) is 0. The van der Waals surface area contributed by atoms with Gasteiger partial charge >= 0.3 is 5.82 Å². The molecule has 0 aliphatic rings. The summed E-state index contributed by atoms with van der Waals surface area (Å²) >= 11 is 0. The second kappa shape index (κ2) is 3.98. The third kappa shape index (κ3) is 1.83. The number of nitrogens with two attached hydrogens (primary N) is 1. The lowest BCUT2D eigenvalue weighted by atomic mass is 10.1. The van der Waals surface area contributed by atoms with E-state index in [2.05, 4.69) is 4.98 Å². The van der Waals surface area contributed by atoms with Crippen LogP contribution in [-0.4, -0.2) is 9.91 Å². The maximum Gasteiger partial charge on any atom is 0.364 e. The normalized spacial score (nSPS) is 10.0. The standard InChI is InChI=1S/C11H9N3O2/c12-10-7-13-11(14(15)16)6-9(10)8-4-2-1-3-5-8/h1-7H,12H2. The Kier molecular flexibility index (Phi) is 2.51. The number of nitrogen functional groups attached to an aromatic ring is 1. The van der Waals surface area contributed by atoms with E-state index < -0.39 is 4.92 Å². The highest BCUT2D eigenvalue weighted by Crippen LogP contribution is 2.27. The van der Waals surface area contributed by atoms with Crippen molar-refractivity contribution < 1.29 is 4.92 Å². The van der Waals surface area contributed by atoms with Gasteiger partial charge in [0.2, 0.25) is 0 Å². The van der Waals surface area contributed by atoms with Gasteiger partial charge in [-0.3, -0.25) is 0 Å². The minimum Gasteiger partial charge on any atom is -0.395 e. The lowest BCUT2D eigenvalue weighted by molar-refractivity contribution is -0.389. The molecule has 0 bridgehead atoms. The van der Waals surface area contributed by atoms with Crippen molar-refractivity contribution in [3.05, 3.63) is 52.7 Å². The van der Waals surface area contributed by atoms with Gasteiger partial charge in [0, 0.05) is 11.6 Å². The first-order valence-corrected chi connectivity index (χ1v) is 4.64. The summed E-state index contributed by atoms with van der Waals surface area (Å²) in [5, 5.41) is 10.6. The number of nitrogens with zero attached hydrogens (tertiary/aromatic N) is 2. The number of aromatic nitrogens is 1. The molecular formula is C11H9N3O2. The summed E-state index contributed by atoms with van der Waals surface area (Å²) in [6.07, 6.45) is 1.31. The maximum atomic E-state index is 10.6. The molecule has 2 rings (SSSR count). The molecule has 0 fully saturated rings. The molecule has 0 aliphatic carbocycles. The molecule has 0 spiro atoms. The van der Waals surface area contributed by atoms with Crippen LogP contribution in [0.2, 0.25) is 0 Å². The zero-order valence-electron chi connectivity index (χ0n) is 8.33. The monoisotopic (exact) mass is 215 g/mol. The fourth-order valence-corrected chi connectivity index (χ4v) is 1.42. The van der Waals surface area contributed by atoms with Gasteiger partial charge in [0.05, 0.1) is 5.69 Å². The summed E-state index contributed by atoms with van der Waals surface area (Å²) in [7, 11) is 0. The Labute approximate surface area is 91.7 Å². The molecule has 0 saturated heterocycles. The van der Waals surface area contributed by atoms with E-state index in [-0.39, 0.29) is 5.82 Å². The molecule has 80 valence electrons. The molecule has 1 aromatic heterocycles. The van der Waals surface area contributed by atoms with Gasteiger partial charge in [0.1, 0.15) is 0 Å². The van der Waals surface area contributed by atoms with Gasteiger partial charge in [-0.15, -0.1) is 0 Å². The predicted molar refractivity (Wildman–Crippen MR) is 60.7 cm³/mol. The average Bonchev–Trinajstić information content (AvgIpc) is 2.30. The summed E-state index contributed by atoms with van der Waals surface area (Å²) < 4.78 is 0. The van der Waals surface area contributed by atoms with Gasteiger partial charge in [0.15, 0.2) is 6.20 Å². The predicted octanol–water partition coefficient (Wildman–Crippen LogP) is 2.24. The molecule has 0 aliphatic heterocycles. The number of pyridine rings is 1. The molecule has 0 saturated carbocycles. The Hall–Kier alpha value is -2.43. The Morgan fingerprint density at radius 1 is 1.25 bits per heavy atom. The second-order valence-corrected chi connectivity index (χ2v) is 3.25. The number of hydrogen-bond donors (Lipinski definition) is 1. The Balaban J connectivity index is 2.56. The molecule has 2 N–H and O–H groups in total. The lowest BCUT2D eigenvalue weighted by Gasteiger charge is -2.03. The third-order valence-electron chi connectivity index (χ3n) is 2.19. The molecule has 1 aromatic carbocycles. The van der Waals surface area contributed by atoms with Crippen molar-refractivity contribution in [1.82, 2.24) is 4.98 Å². The van der Waals surface area contributed by atoms with Crippen molar-refractivity contribution >= 4 is 11.5 Å².